The molecule has 0 radical (unpaired) electrons. The number of aromatic nitrogens is 1. The molecular formula is C12H16N2. The average Bonchev–Trinajstić information content (AvgIpc) is 2.21. The average molecular weight is 188 g/mol. The Kier molecular flexibility index (Phi) is 2.53. The van der Waals surface area contributed by atoms with Gasteiger partial charge in [-0.25, -0.2) is 4.98 Å². The van der Waals surface area contributed by atoms with Crippen molar-refractivity contribution in [2.24, 2.45) is 5.92 Å². The first-order valence-corrected chi connectivity index (χ1v) is 5.16. The van der Waals surface area contributed by atoms with E-state index in [1.807, 2.05) is 12.3 Å². The Morgan fingerprint density at radius 1 is 1.43 bits per heavy atom. The van der Waals surface area contributed by atoms with Crippen molar-refractivity contribution in [3.05, 3.63) is 30.0 Å². The van der Waals surface area contributed by atoms with E-state index in [-0.39, 0.29) is 0 Å². The van der Waals surface area contributed by atoms with E-state index in [1.165, 1.54) is 30.4 Å². The molecule has 0 bridgehead atoms. The van der Waals surface area contributed by atoms with Gasteiger partial charge in [-0.15, -0.1) is 0 Å². The molecule has 1 aliphatic rings. The van der Waals surface area contributed by atoms with Crippen LogP contribution in [0.1, 0.15) is 31.7 Å². The monoisotopic (exact) mass is 188 g/mol. The highest BCUT2D eigenvalue weighted by atomic mass is 14.8. The number of rotatable bonds is 1. The van der Waals surface area contributed by atoms with Crippen LogP contribution in [-0.4, -0.2) is 4.98 Å². The Morgan fingerprint density at radius 2 is 2.29 bits per heavy atom. The molecule has 0 amide bonds. The van der Waals surface area contributed by atoms with E-state index in [0.717, 1.165) is 5.92 Å². The number of pyridine rings is 1. The van der Waals surface area contributed by atoms with Gasteiger partial charge in [0.2, 0.25) is 0 Å². The molecule has 1 aromatic heterocycles. The van der Waals surface area contributed by atoms with Gasteiger partial charge in [0.25, 0.3) is 0 Å². The molecule has 1 unspecified atom stereocenters. The smallest absolute Gasteiger partial charge is 0.123 e. The molecule has 14 heavy (non-hydrogen) atoms. The van der Waals surface area contributed by atoms with Gasteiger partial charge in [0.15, 0.2) is 0 Å². The first-order valence-electron chi connectivity index (χ1n) is 5.16. The SMILES string of the molecule is CC1CC=C(c2ccc(N)nc2)CC1. The Morgan fingerprint density at radius 3 is 2.86 bits per heavy atom. The van der Waals surface area contributed by atoms with Crippen LogP contribution in [-0.2, 0) is 0 Å². The topological polar surface area (TPSA) is 38.9 Å². The van der Waals surface area contributed by atoms with Gasteiger partial charge in [0.1, 0.15) is 5.82 Å². The van der Waals surface area contributed by atoms with Crippen LogP contribution in [0.4, 0.5) is 5.82 Å². The quantitative estimate of drug-likeness (QED) is 0.736. The lowest BCUT2D eigenvalue weighted by Crippen LogP contribution is -2.01. The third kappa shape index (κ3) is 1.95. The highest BCUT2D eigenvalue weighted by Crippen LogP contribution is 2.29. The van der Waals surface area contributed by atoms with Crippen LogP contribution in [0.5, 0.6) is 0 Å². The van der Waals surface area contributed by atoms with Crippen molar-refractivity contribution in [1.82, 2.24) is 4.98 Å². The van der Waals surface area contributed by atoms with Gasteiger partial charge in [0, 0.05) is 6.20 Å². The van der Waals surface area contributed by atoms with Crippen LogP contribution in [0.3, 0.4) is 0 Å². The summed E-state index contributed by atoms with van der Waals surface area (Å²) in [5.74, 6) is 1.43. The Balaban J connectivity index is 2.19. The second-order valence-electron chi connectivity index (χ2n) is 4.08. The molecule has 1 aromatic rings. The van der Waals surface area contributed by atoms with Crippen LogP contribution in [0.2, 0.25) is 0 Å². The first kappa shape index (κ1) is 9.25. The molecule has 2 heteroatoms. The van der Waals surface area contributed by atoms with Crippen LogP contribution in [0.25, 0.3) is 5.57 Å². The van der Waals surface area contributed by atoms with E-state index < -0.39 is 0 Å². The van der Waals surface area contributed by atoms with E-state index in [1.54, 1.807) is 0 Å². The maximum atomic E-state index is 5.55. The number of hydrogen-bond acceptors (Lipinski definition) is 2. The van der Waals surface area contributed by atoms with Crippen molar-refractivity contribution in [1.29, 1.82) is 0 Å². The third-order valence-corrected chi connectivity index (χ3v) is 2.83. The lowest BCUT2D eigenvalue weighted by Gasteiger charge is -2.18. The van der Waals surface area contributed by atoms with Crippen molar-refractivity contribution < 1.29 is 0 Å². The molecule has 0 saturated carbocycles. The minimum atomic E-state index is 0.596. The summed E-state index contributed by atoms with van der Waals surface area (Å²) in [7, 11) is 0. The van der Waals surface area contributed by atoms with Gasteiger partial charge in [-0.3, -0.25) is 0 Å². The molecule has 0 fully saturated rings. The lowest BCUT2D eigenvalue weighted by atomic mass is 9.88. The number of allylic oxidation sites excluding steroid dienone is 2. The van der Waals surface area contributed by atoms with E-state index in [4.69, 9.17) is 5.73 Å². The molecular weight excluding hydrogens is 172 g/mol. The fourth-order valence-electron chi connectivity index (χ4n) is 1.82. The molecule has 2 N–H and O–H groups in total. The highest BCUT2D eigenvalue weighted by Gasteiger charge is 2.11. The number of nitrogens with two attached hydrogens (primary N) is 1. The van der Waals surface area contributed by atoms with Crippen molar-refractivity contribution in [3.8, 4) is 0 Å². The molecule has 0 aromatic carbocycles. The van der Waals surface area contributed by atoms with Crippen molar-refractivity contribution in [3.63, 3.8) is 0 Å². The number of nitrogens with zero attached hydrogens (tertiary/aromatic N) is 1. The Bertz CT molecular complexity index is 338. The minimum Gasteiger partial charge on any atom is -0.384 e. The van der Waals surface area contributed by atoms with Gasteiger partial charge in [-0.05, 0) is 48.4 Å². The van der Waals surface area contributed by atoms with Gasteiger partial charge in [-0.2, -0.15) is 0 Å². The Hall–Kier alpha value is -1.31. The maximum Gasteiger partial charge on any atom is 0.123 e. The van der Waals surface area contributed by atoms with Crippen LogP contribution in [0, 0.1) is 5.92 Å². The normalized spacial score (nSPS) is 21.8. The maximum absolute atomic E-state index is 5.55. The molecule has 2 nitrogen and oxygen atoms in total. The molecule has 1 atom stereocenters. The van der Waals surface area contributed by atoms with E-state index >= 15 is 0 Å². The van der Waals surface area contributed by atoms with E-state index in [2.05, 4.69) is 24.1 Å². The second-order valence-corrected chi connectivity index (χ2v) is 4.08. The van der Waals surface area contributed by atoms with Gasteiger partial charge in [-0.1, -0.05) is 13.0 Å². The second kappa shape index (κ2) is 3.82. The summed E-state index contributed by atoms with van der Waals surface area (Å²) in [5, 5.41) is 0. The van der Waals surface area contributed by atoms with Crippen molar-refractivity contribution in [2.75, 3.05) is 5.73 Å². The van der Waals surface area contributed by atoms with Crippen LogP contribution < -0.4 is 5.73 Å². The molecule has 1 aliphatic carbocycles. The van der Waals surface area contributed by atoms with Gasteiger partial charge in [0.05, 0.1) is 0 Å². The fraction of sp³-hybridized carbons (Fsp3) is 0.417. The van der Waals surface area contributed by atoms with Crippen molar-refractivity contribution in [2.45, 2.75) is 26.2 Å². The van der Waals surface area contributed by atoms with E-state index in [9.17, 15) is 0 Å². The van der Waals surface area contributed by atoms with Crippen molar-refractivity contribution >= 4 is 11.4 Å². The molecule has 1 heterocycles. The van der Waals surface area contributed by atoms with Crippen LogP contribution in [0.15, 0.2) is 24.4 Å². The molecule has 0 saturated heterocycles. The zero-order valence-corrected chi connectivity index (χ0v) is 8.53. The highest BCUT2D eigenvalue weighted by molar-refractivity contribution is 5.66. The molecule has 0 aliphatic heterocycles. The summed E-state index contributed by atoms with van der Waals surface area (Å²) in [6.07, 6.45) is 7.86. The standard InChI is InChI=1S/C12H16N2/c1-9-2-4-10(5-3-9)11-6-7-12(13)14-8-11/h4,6-9H,2-3,5H2,1H3,(H2,13,14). The number of hydrogen-bond donors (Lipinski definition) is 1. The van der Waals surface area contributed by atoms with Gasteiger partial charge >= 0.3 is 0 Å². The third-order valence-electron chi connectivity index (χ3n) is 2.83. The zero-order chi connectivity index (χ0) is 9.97. The summed E-state index contributed by atoms with van der Waals surface area (Å²) in [6, 6.07) is 3.93. The summed E-state index contributed by atoms with van der Waals surface area (Å²) >= 11 is 0. The first-order chi connectivity index (χ1) is 6.75. The minimum absolute atomic E-state index is 0.596. The lowest BCUT2D eigenvalue weighted by molar-refractivity contribution is 0.534. The van der Waals surface area contributed by atoms with E-state index in [0.29, 0.717) is 5.82 Å². The summed E-state index contributed by atoms with van der Waals surface area (Å²) in [4.78, 5) is 4.11. The molecule has 0 spiro atoms. The summed E-state index contributed by atoms with van der Waals surface area (Å²) in [6.45, 7) is 2.30. The van der Waals surface area contributed by atoms with Crippen LogP contribution >= 0.6 is 0 Å². The number of nitrogen functional groups attached to an aromatic ring is 1. The van der Waals surface area contributed by atoms with Gasteiger partial charge < -0.3 is 5.73 Å². The zero-order valence-electron chi connectivity index (χ0n) is 8.53. The predicted molar refractivity (Wildman–Crippen MR) is 59.6 cm³/mol. The number of anilines is 1. The molecule has 2 rings (SSSR count). The predicted octanol–water partition coefficient (Wildman–Crippen LogP) is 2.87. The molecule has 74 valence electrons. The Labute approximate surface area is 84.9 Å². The summed E-state index contributed by atoms with van der Waals surface area (Å²) < 4.78 is 0. The summed E-state index contributed by atoms with van der Waals surface area (Å²) in [5.41, 5.74) is 8.20. The fourth-order valence-corrected chi connectivity index (χ4v) is 1.82. The largest absolute Gasteiger partial charge is 0.384 e.